The van der Waals surface area contributed by atoms with E-state index in [1.165, 1.54) is 4.57 Å². The molecule has 0 fully saturated rings. The molecule has 0 saturated heterocycles. The van der Waals surface area contributed by atoms with Crippen LogP contribution in [0.3, 0.4) is 0 Å². The number of benzene rings is 2. The molecule has 7 heteroatoms. The lowest BCUT2D eigenvalue weighted by molar-refractivity contribution is -0.0223. The fraction of sp³-hybridized carbons (Fsp3) is 0.400. The largest absolute Gasteiger partial charge is 0.509 e. The van der Waals surface area contributed by atoms with E-state index in [2.05, 4.69) is 4.98 Å². The van der Waals surface area contributed by atoms with Gasteiger partial charge >= 0.3 is 12.2 Å². The molecule has 170 valence electrons. The second-order valence-corrected chi connectivity index (χ2v) is 9.65. The molecule has 0 bridgehead atoms. The molecular weight excluding hydrogens is 408 g/mol. The fourth-order valence-corrected chi connectivity index (χ4v) is 3.15. The van der Waals surface area contributed by atoms with Crippen molar-refractivity contribution in [3.8, 4) is 0 Å². The summed E-state index contributed by atoms with van der Waals surface area (Å²) >= 11 is 0. The second-order valence-electron chi connectivity index (χ2n) is 9.65. The van der Waals surface area contributed by atoms with Gasteiger partial charge in [0.15, 0.2) is 11.9 Å². The Morgan fingerprint density at radius 2 is 1.53 bits per heavy atom. The molecule has 0 spiro atoms. The van der Waals surface area contributed by atoms with E-state index in [4.69, 9.17) is 14.2 Å². The van der Waals surface area contributed by atoms with Gasteiger partial charge in [0.2, 0.25) is 0 Å². The Hall–Kier alpha value is -3.35. The summed E-state index contributed by atoms with van der Waals surface area (Å²) in [7, 11) is 0. The van der Waals surface area contributed by atoms with Gasteiger partial charge in [-0.05, 0) is 66.2 Å². The van der Waals surface area contributed by atoms with Crippen LogP contribution in [0.15, 0.2) is 48.5 Å². The number of rotatable bonds is 3. The summed E-state index contributed by atoms with van der Waals surface area (Å²) in [6.07, 6.45) is -2.44. The number of aryl methyl sites for hydroxylation is 1. The van der Waals surface area contributed by atoms with Crippen molar-refractivity contribution < 1.29 is 23.8 Å². The summed E-state index contributed by atoms with van der Waals surface area (Å²) in [5.74, 6) is 0.233. The molecule has 0 aliphatic rings. The van der Waals surface area contributed by atoms with Crippen LogP contribution in [0, 0.1) is 6.92 Å². The maximum Gasteiger partial charge on any atom is 0.509 e. The Balaban J connectivity index is 2.17. The first kappa shape index (κ1) is 23.3. The number of imidazole rings is 1. The third-order valence-corrected chi connectivity index (χ3v) is 4.35. The quantitative estimate of drug-likeness (QED) is 0.455. The van der Waals surface area contributed by atoms with Crippen LogP contribution in [-0.4, -0.2) is 33.0 Å². The lowest BCUT2D eigenvalue weighted by atomic mass is 10.1. The monoisotopic (exact) mass is 438 g/mol. The molecule has 0 aliphatic heterocycles. The van der Waals surface area contributed by atoms with E-state index in [1.54, 1.807) is 59.7 Å². The first-order valence-electron chi connectivity index (χ1n) is 10.5. The van der Waals surface area contributed by atoms with E-state index < -0.39 is 29.6 Å². The van der Waals surface area contributed by atoms with Crippen LogP contribution in [0.4, 0.5) is 9.59 Å². The summed E-state index contributed by atoms with van der Waals surface area (Å²) in [6, 6.07) is 14.7. The first-order chi connectivity index (χ1) is 14.8. The Labute approximate surface area is 188 Å². The number of hydrogen-bond donors (Lipinski definition) is 0. The minimum absolute atomic E-state index is 0.233. The SMILES string of the molecule is Cc1ccc2c(c1)nc(C(OC(=O)OC(C)(C)C)c1ccccc1)n2C(=O)OC(C)(C)C. The molecule has 1 heterocycles. The number of carbonyl (C=O) groups is 2. The zero-order valence-corrected chi connectivity index (χ0v) is 19.6. The van der Waals surface area contributed by atoms with Crippen molar-refractivity contribution in [3.63, 3.8) is 0 Å². The van der Waals surface area contributed by atoms with Crippen LogP contribution < -0.4 is 0 Å². The van der Waals surface area contributed by atoms with Gasteiger partial charge in [-0.15, -0.1) is 0 Å². The number of aromatic nitrogens is 2. The summed E-state index contributed by atoms with van der Waals surface area (Å²) in [5.41, 5.74) is 1.34. The van der Waals surface area contributed by atoms with Crippen molar-refractivity contribution in [1.29, 1.82) is 0 Å². The highest BCUT2D eigenvalue weighted by atomic mass is 16.7. The second kappa shape index (κ2) is 8.65. The Morgan fingerprint density at radius 3 is 2.12 bits per heavy atom. The van der Waals surface area contributed by atoms with E-state index in [0.29, 0.717) is 16.6 Å². The van der Waals surface area contributed by atoms with E-state index in [0.717, 1.165) is 5.56 Å². The molecular formula is C25H30N2O5. The van der Waals surface area contributed by atoms with Gasteiger partial charge in [-0.2, -0.15) is 0 Å². The third kappa shape index (κ3) is 5.66. The van der Waals surface area contributed by atoms with Crippen LogP contribution in [0.2, 0.25) is 0 Å². The molecule has 0 amide bonds. The lowest BCUT2D eigenvalue weighted by Crippen LogP contribution is -2.30. The van der Waals surface area contributed by atoms with Crippen LogP contribution >= 0.6 is 0 Å². The molecule has 32 heavy (non-hydrogen) atoms. The number of nitrogens with zero attached hydrogens (tertiary/aromatic N) is 2. The molecule has 0 radical (unpaired) electrons. The Kier molecular flexibility index (Phi) is 6.30. The minimum Gasteiger partial charge on any atom is -0.443 e. The van der Waals surface area contributed by atoms with Gasteiger partial charge in [0.05, 0.1) is 11.0 Å². The average molecular weight is 439 g/mol. The molecule has 0 aliphatic carbocycles. The normalized spacial score (nSPS) is 13.0. The maximum atomic E-state index is 13.2. The van der Waals surface area contributed by atoms with E-state index in [1.807, 2.05) is 37.3 Å². The van der Waals surface area contributed by atoms with Crippen molar-refractivity contribution >= 4 is 23.3 Å². The van der Waals surface area contributed by atoms with Crippen LogP contribution in [0.1, 0.15) is 64.6 Å². The molecule has 1 unspecified atom stereocenters. The van der Waals surface area contributed by atoms with Gasteiger partial charge in [0.25, 0.3) is 0 Å². The van der Waals surface area contributed by atoms with Gasteiger partial charge < -0.3 is 14.2 Å². The van der Waals surface area contributed by atoms with Crippen LogP contribution in [0.25, 0.3) is 11.0 Å². The molecule has 1 atom stereocenters. The van der Waals surface area contributed by atoms with Gasteiger partial charge in [-0.1, -0.05) is 36.4 Å². The van der Waals surface area contributed by atoms with Gasteiger partial charge in [0, 0.05) is 5.56 Å². The fourth-order valence-electron chi connectivity index (χ4n) is 3.15. The number of fused-ring (bicyclic) bond motifs is 1. The summed E-state index contributed by atoms with van der Waals surface area (Å²) in [6.45, 7) is 12.6. The Morgan fingerprint density at radius 1 is 0.906 bits per heavy atom. The minimum atomic E-state index is -0.980. The summed E-state index contributed by atoms with van der Waals surface area (Å²) in [5, 5.41) is 0. The number of carbonyl (C=O) groups excluding carboxylic acids is 2. The first-order valence-corrected chi connectivity index (χ1v) is 10.5. The molecule has 0 saturated carbocycles. The van der Waals surface area contributed by atoms with Crippen molar-refractivity contribution in [1.82, 2.24) is 9.55 Å². The lowest BCUT2D eigenvalue weighted by Gasteiger charge is -2.24. The maximum absolute atomic E-state index is 13.2. The third-order valence-electron chi connectivity index (χ3n) is 4.35. The highest BCUT2D eigenvalue weighted by Crippen LogP contribution is 2.31. The van der Waals surface area contributed by atoms with E-state index in [-0.39, 0.29) is 5.82 Å². The highest BCUT2D eigenvalue weighted by molar-refractivity contribution is 5.88. The summed E-state index contributed by atoms with van der Waals surface area (Å²) in [4.78, 5) is 30.5. The molecule has 7 nitrogen and oxygen atoms in total. The molecule has 0 N–H and O–H groups in total. The molecule has 2 aromatic carbocycles. The molecule has 3 rings (SSSR count). The topological polar surface area (TPSA) is 79.7 Å². The Bertz CT molecular complexity index is 1120. The van der Waals surface area contributed by atoms with Gasteiger partial charge in [-0.25, -0.2) is 19.1 Å². The van der Waals surface area contributed by atoms with Crippen molar-refractivity contribution in [2.45, 2.75) is 65.8 Å². The van der Waals surface area contributed by atoms with Crippen LogP contribution in [0.5, 0.6) is 0 Å². The smallest absolute Gasteiger partial charge is 0.443 e. The standard InChI is InChI=1S/C25H30N2O5/c1-16-13-14-19-18(15-16)26-21(27(19)22(28)31-24(2,3)4)20(17-11-9-8-10-12-17)30-23(29)32-25(5,6)7/h8-15,20H,1-7H3. The number of hydrogen-bond acceptors (Lipinski definition) is 6. The molecule has 1 aromatic heterocycles. The zero-order chi connectivity index (χ0) is 23.7. The molecule has 3 aromatic rings. The van der Waals surface area contributed by atoms with E-state index in [9.17, 15) is 9.59 Å². The predicted molar refractivity (Wildman–Crippen MR) is 122 cm³/mol. The average Bonchev–Trinajstić information content (AvgIpc) is 3.02. The van der Waals surface area contributed by atoms with Gasteiger partial charge in [0.1, 0.15) is 11.2 Å². The van der Waals surface area contributed by atoms with E-state index >= 15 is 0 Å². The highest BCUT2D eigenvalue weighted by Gasteiger charge is 2.32. The van der Waals surface area contributed by atoms with Gasteiger partial charge in [-0.3, -0.25) is 0 Å². The summed E-state index contributed by atoms with van der Waals surface area (Å²) < 4.78 is 18.1. The van der Waals surface area contributed by atoms with Crippen molar-refractivity contribution in [2.75, 3.05) is 0 Å². The zero-order valence-electron chi connectivity index (χ0n) is 19.6. The van der Waals surface area contributed by atoms with Crippen LogP contribution in [-0.2, 0) is 14.2 Å². The number of ether oxygens (including phenoxy) is 3. The van der Waals surface area contributed by atoms with Crippen molar-refractivity contribution in [2.24, 2.45) is 0 Å². The van der Waals surface area contributed by atoms with Crippen molar-refractivity contribution in [3.05, 3.63) is 65.5 Å². The predicted octanol–water partition coefficient (Wildman–Crippen LogP) is 6.17.